The van der Waals surface area contributed by atoms with Gasteiger partial charge in [-0.2, -0.15) is 0 Å². The third-order valence-electron chi connectivity index (χ3n) is 6.31. The molecule has 0 radical (unpaired) electrons. The lowest BCUT2D eigenvalue weighted by Crippen LogP contribution is -2.52. The van der Waals surface area contributed by atoms with Crippen LogP contribution in [0.2, 0.25) is 5.02 Å². The molecule has 4 rings (SSSR count). The number of amides is 4. The van der Waals surface area contributed by atoms with Gasteiger partial charge in [0.1, 0.15) is 6.04 Å². The number of benzene rings is 2. The minimum absolute atomic E-state index is 0.0171. The van der Waals surface area contributed by atoms with E-state index in [2.05, 4.69) is 10.6 Å². The molecule has 1 unspecified atom stereocenters. The number of hydrogen-bond acceptors (Lipinski definition) is 6. The summed E-state index contributed by atoms with van der Waals surface area (Å²) < 4.78 is 5.27. The van der Waals surface area contributed by atoms with Crippen molar-refractivity contribution in [1.82, 2.24) is 15.5 Å². The zero-order valence-electron chi connectivity index (χ0n) is 19.7. The summed E-state index contributed by atoms with van der Waals surface area (Å²) in [5.74, 6) is -1.18. The number of carbonyl (C=O) groups excluding carboxylic acids is 4. The van der Waals surface area contributed by atoms with Crippen LogP contribution in [0.4, 0.5) is 0 Å². The Morgan fingerprint density at radius 3 is 2.69 bits per heavy atom. The molecule has 2 aromatic rings. The predicted molar refractivity (Wildman–Crippen MR) is 131 cm³/mol. The maximum atomic E-state index is 12.8. The number of fused-ring (bicyclic) bond motifs is 1. The van der Waals surface area contributed by atoms with E-state index in [1.807, 2.05) is 24.3 Å². The van der Waals surface area contributed by atoms with Crippen LogP contribution in [0, 0.1) is 0 Å². The number of aliphatic hydroxyl groups excluding tert-OH is 1. The van der Waals surface area contributed by atoms with Crippen LogP contribution < -0.4 is 10.6 Å². The molecule has 3 N–H and O–H groups in total. The molecule has 0 saturated carbocycles. The number of rotatable bonds is 10. The van der Waals surface area contributed by atoms with Gasteiger partial charge in [0.05, 0.1) is 26.2 Å². The van der Waals surface area contributed by atoms with Crippen molar-refractivity contribution < 1.29 is 29.0 Å². The van der Waals surface area contributed by atoms with Crippen molar-refractivity contribution in [2.75, 3.05) is 19.8 Å². The van der Waals surface area contributed by atoms with Gasteiger partial charge in [0.25, 0.3) is 5.91 Å². The summed E-state index contributed by atoms with van der Waals surface area (Å²) in [6.07, 6.45) is 1.29. The molecule has 4 amide bonds. The molecule has 1 fully saturated rings. The lowest BCUT2D eigenvalue weighted by molar-refractivity contribution is -0.137. The highest BCUT2D eigenvalue weighted by molar-refractivity contribution is 6.31. The number of hydrogen-bond donors (Lipinski definition) is 3. The minimum atomic E-state index is -0.666. The number of aliphatic hydroxyl groups is 1. The molecule has 36 heavy (non-hydrogen) atoms. The third-order valence-corrected chi connectivity index (χ3v) is 6.66. The van der Waals surface area contributed by atoms with E-state index in [0.29, 0.717) is 43.2 Å². The number of piperidine rings is 1. The first-order valence-electron chi connectivity index (χ1n) is 11.8. The second kappa shape index (κ2) is 11.6. The van der Waals surface area contributed by atoms with Crippen molar-refractivity contribution in [2.45, 2.75) is 44.8 Å². The molecule has 9 nitrogen and oxygen atoms in total. The first-order valence-corrected chi connectivity index (χ1v) is 12.2. The first-order chi connectivity index (χ1) is 17.4. The van der Waals surface area contributed by atoms with Gasteiger partial charge in [-0.05, 0) is 47.2 Å². The third kappa shape index (κ3) is 6.10. The first kappa shape index (κ1) is 25.8. The fraction of sp³-hybridized carbons (Fsp3) is 0.385. The molecule has 0 aliphatic carbocycles. The van der Waals surface area contributed by atoms with E-state index >= 15 is 0 Å². The van der Waals surface area contributed by atoms with Crippen LogP contribution in [0.5, 0.6) is 0 Å². The van der Waals surface area contributed by atoms with Crippen LogP contribution in [-0.2, 0) is 45.1 Å². The smallest absolute Gasteiger partial charge is 0.255 e. The van der Waals surface area contributed by atoms with Crippen molar-refractivity contribution >= 4 is 35.2 Å². The molecule has 1 saturated heterocycles. The Hall–Kier alpha value is -3.27. The van der Waals surface area contributed by atoms with Gasteiger partial charge in [0.15, 0.2) is 0 Å². The van der Waals surface area contributed by atoms with Crippen molar-refractivity contribution in [1.29, 1.82) is 0 Å². The largest absolute Gasteiger partial charge is 0.394 e. The van der Waals surface area contributed by atoms with Crippen molar-refractivity contribution in [3.63, 3.8) is 0 Å². The SMILES string of the molecule is O=C(Cc1ccc2c(c1)CN(C1CCC(=O)NC1=O)C2=O)NCc1ccc(CCOCCO)c(Cl)c1. The van der Waals surface area contributed by atoms with Crippen LogP contribution in [-0.4, -0.2) is 59.5 Å². The summed E-state index contributed by atoms with van der Waals surface area (Å²) in [5.41, 5.74) is 3.85. The Labute approximate surface area is 213 Å². The number of imide groups is 1. The average Bonchev–Trinajstić information content (AvgIpc) is 3.17. The maximum absolute atomic E-state index is 12.8. The monoisotopic (exact) mass is 513 g/mol. The molecule has 2 heterocycles. The van der Waals surface area contributed by atoms with Crippen LogP contribution in [0.25, 0.3) is 0 Å². The van der Waals surface area contributed by atoms with Gasteiger partial charge >= 0.3 is 0 Å². The number of nitrogens with one attached hydrogen (secondary N) is 2. The molecule has 2 aromatic carbocycles. The van der Waals surface area contributed by atoms with Crippen molar-refractivity contribution in [2.24, 2.45) is 0 Å². The van der Waals surface area contributed by atoms with Gasteiger partial charge in [-0.25, -0.2) is 0 Å². The second-order valence-electron chi connectivity index (χ2n) is 8.86. The van der Waals surface area contributed by atoms with Gasteiger partial charge in [-0.15, -0.1) is 0 Å². The van der Waals surface area contributed by atoms with E-state index in [1.165, 1.54) is 4.90 Å². The zero-order valence-corrected chi connectivity index (χ0v) is 20.5. The van der Waals surface area contributed by atoms with Crippen LogP contribution in [0.15, 0.2) is 36.4 Å². The van der Waals surface area contributed by atoms with Crippen molar-refractivity contribution in [3.8, 4) is 0 Å². The summed E-state index contributed by atoms with van der Waals surface area (Å²) in [5, 5.41) is 14.5. The lowest BCUT2D eigenvalue weighted by atomic mass is 10.0. The molecular formula is C26H28ClN3O6. The second-order valence-corrected chi connectivity index (χ2v) is 9.26. The molecule has 0 spiro atoms. The van der Waals surface area contributed by atoms with E-state index in [1.54, 1.807) is 12.1 Å². The van der Waals surface area contributed by atoms with Crippen LogP contribution in [0.1, 0.15) is 45.5 Å². The highest BCUT2D eigenvalue weighted by Crippen LogP contribution is 2.28. The summed E-state index contributed by atoms with van der Waals surface area (Å²) in [4.78, 5) is 50.5. The van der Waals surface area contributed by atoms with E-state index in [0.717, 1.165) is 22.3 Å². The Morgan fingerprint density at radius 1 is 1.14 bits per heavy atom. The predicted octanol–water partition coefficient (Wildman–Crippen LogP) is 1.51. The molecule has 1 atom stereocenters. The van der Waals surface area contributed by atoms with Gasteiger partial charge in [-0.3, -0.25) is 24.5 Å². The number of ether oxygens (including phenoxy) is 1. The Balaban J connectivity index is 1.30. The van der Waals surface area contributed by atoms with E-state index in [4.69, 9.17) is 21.4 Å². The van der Waals surface area contributed by atoms with Gasteiger partial charge in [-0.1, -0.05) is 35.9 Å². The summed E-state index contributed by atoms with van der Waals surface area (Å²) in [7, 11) is 0. The summed E-state index contributed by atoms with van der Waals surface area (Å²) in [6, 6.07) is 10.2. The quantitative estimate of drug-likeness (QED) is 0.327. The summed E-state index contributed by atoms with van der Waals surface area (Å²) >= 11 is 6.35. The number of nitrogens with zero attached hydrogens (tertiary/aromatic N) is 1. The number of halogens is 1. The Bertz CT molecular complexity index is 1180. The van der Waals surface area contributed by atoms with Crippen LogP contribution >= 0.6 is 11.6 Å². The van der Waals surface area contributed by atoms with E-state index < -0.39 is 11.9 Å². The standard InChI is InChI=1S/C26H28ClN3O6/c27-21-12-17(1-3-18(21)7-9-36-10-8-31)14-28-24(33)13-16-2-4-20-19(11-16)15-30(26(20)35)22-5-6-23(32)29-25(22)34/h1-4,11-12,22,31H,5-10,13-15H2,(H,28,33)(H,29,32,34). The zero-order chi connectivity index (χ0) is 25.7. The molecule has 0 bridgehead atoms. The average molecular weight is 514 g/mol. The molecule has 10 heteroatoms. The summed E-state index contributed by atoms with van der Waals surface area (Å²) in [6.45, 7) is 1.34. The topological polar surface area (TPSA) is 125 Å². The Morgan fingerprint density at radius 2 is 1.94 bits per heavy atom. The highest BCUT2D eigenvalue weighted by atomic mass is 35.5. The van der Waals surface area contributed by atoms with Gasteiger partial charge in [0.2, 0.25) is 17.7 Å². The minimum Gasteiger partial charge on any atom is -0.394 e. The fourth-order valence-electron chi connectivity index (χ4n) is 4.44. The molecule has 2 aliphatic rings. The molecule has 190 valence electrons. The Kier molecular flexibility index (Phi) is 8.35. The van der Waals surface area contributed by atoms with Gasteiger partial charge < -0.3 is 20.1 Å². The lowest BCUT2D eigenvalue weighted by Gasteiger charge is -2.29. The maximum Gasteiger partial charge on any atom is 0.255 e. The molecule has 2 aliphatic heterocycles. The number of carbonyl (C=O) groups is 4. The molecule has 0 aromatic heterocycles. The van der Waals surface area contributed by atoms with Crippen molar-refractivity contribution in [3.05, 3.63) is 69.2 Å². The van der Waals surface area contributed by atoms with E-state index in [-0.39, 0.29) is 43.7 Å². The van der Waals surface area contributed by atoms with E-state index in [9.17, 15) is 19.2 Å². The highest BCUT2D eigenvalue weighted by Gasteiger charge is 2.39. The fourth-order valence-corrected chi connectivity index (χ4v) is 4.74. The normalized spacial score (nSPS) is 17.2. The van der Waals surface area contributed by atoms with Gasteiger partial charge in [0, 0.05) is 30.1 Å². The molecular weight excluding hydrogens is 486 g/mol. The van der Waals surface area contributed by atoms with Crippen LogP contribution in [0.3, 0.4) is 0 Å².